The predicted molar refractivity (Wildman–Crippen MR) is 132 cm³/mol. The second kappa shape index (κ2) is 9.86. The minimum atomic E-state index is -0.138. The Hall–Kier alpha value is -2.01. The van der Waals surface area contributed by atoms with E-state index in [0.717, 1.165) is 32.7 Å². The molecule has 0 radical (unpaired) electrons. The van der Waals surface area contributed by atoms with E-state index in [1.54, 1.807) is 12.1 Å². The summed E-state index contributed by atoms with van der Waals surface area (Å²) in [4.78, 5) is 5.39. The number of nitrogens with zero attached hydrogens (tertiary/aromatic N) is 2. The van der Waals surface area contributed by atoms with Crippen LogP contribution in [-0.2, 0) is 6.54 Å². The highest BCUT2D eigenvalue weighted by Crippen LogP contribution is 2.35. The molecule has 2 aliphatic rings. The molecule has 0 aliphatic carbocycles. The summed E-state index contributed by atoms with van der Waals surface area (Å²) in [5, 5.41) is 4.55. The molecular formula is C28H33FN2S. The number of likely N-dealkylation sites (tertiary alicyclic amines) is 2. The molecule has 3 heterocycles. The molecular weight excluding hydrogens is 415 g/mol. The minimum Gasteiger partial charge on any atom is -0.302 e. The smallest absolute Gasteiger partial charge is 0.123 e. The average Bonchev–Trinajstić information content (AvgIpc) is 3.47. The molecule has 3 aromatic rings. The number of benzene rings is 2. The quantitative estimate of drug-likeness (QED) is 0.428. The Morgan fingerprint density at radius 1 is 0.906 bits per heavy atom. The molecule has 0 amide bonds. The van der Waals surface area contributed by atoms with Crippen LogP contribution >= 0.6 is 11.3 Å². The fourth-order valence-corrected chi connectivity index (χ4v) is 6.27. The average molecular weight is 449 g/mol. The van der Waals surface area contributed by atoms with Crippen molar-refractivity contribution in [3.63, 3.8) is 0 Å². The first-order valence-corrected chi connectivity index (χ1v) is 12.9. The highest BCUT2D eigenvalue weighted by molar-refractivity contribution is 7.08. The minimum absolute atomic E-state index is 0.138. The van der Waals surface area contributed by atoms with Gasteiger partial charge < -0.3 is 4.90 Å². The lowest BCUT2D eigenvalue weighted by molar-refractivity contribution is 0.142. The second-order valence-corrected chi connectivity index (χ2v) is 10.5. The fourth-order valence-electron chi connectivity index (χ4n) is 5.53. The number of hydrogen-bond donors (Lipinski definition) is 0. The maximum atomic E-state index is 13.3. The molecule has 0 N–H and O–H groups in total. The van der Waals surface area contributed by atoms with Gasteiger partial charge in [-0.15, -0.1) is 0 Å². The van der Waals surface area contributed by atoms with Gasteiger partial charge in [0.1, 0.15) is 5.82 Å². The molecule has 2 nitrogen and oxygen atoms in total. The van der Waals surface area contributed by atoms with Gasteiger partial charge in [0.05, 0.1) is 0 Å². The number of thiophene rings is 1. The molecule has 4 heteroatoms. The Balaban J connectivity index is 1.23. The maximum Gasteiger partial charge on any atom is 0.123 e. The fraction of sp³-hybridized carbons (Fsp3) is 0.429. The van der Waals surface area contributed by atoms with Crippen LogP contribution in [0.5, 0.6) is 0 Å². The van der Waals surface area contributed by atoms with Crippen molar-refractivity contribution < 1.29 is 4.39 Å². The summed E-state index contributed by atoms with van der Waals surface area (Å²) in [5.74, 6) is 1.08. The molecule has 2 fully saturated rings. The monoisotopic (exact) mass is 448 g/mol. The van der Waals surface area contributed by atoms with Gasteiger partial charge in [-0.05, 0) is 96.8 Å². The van der Waals surface area contributed by atoms with Crippen molar-refractivity contribution in [2.75, 3.05) is 26.2 Å². The summed E-state index contributed by atoms with van der Waals surface area (Å²) in [6.07, 6.45) is 3.59. The molecule has 0 saturated carbocycles. The summed E-state index contributed by atoms with van der Waals surface area (Å²) < 4.78 is 13.3. The number of piperidine rings is 1. The largest absolute Gasteiger partial charge is 0.302 e. The van der Waals surface area contributed by atoms with Gasteiger partial charge in [-0.3, -0.25) is 4.90 Å². The first-order chi connectivity index (χ1) is 15.6. The van der Waals surface area contributed by atoms with Gasteiger partial charge in [0.15, 0.2) is 0 Å². The van der Waals surface area contributed by atoms with E-state index in [1.165, 1.54) is 41.5 Å². The van der Waals surface area contributed by atoms with Crippen molar-refractivity contribution in [2.45, 2.75) is 50.6 Å². The second-order valence-electron chi connectivity index (χ2n) is 9.68. The number of hydrogen-bond acceptors (Lipinski definition) is 3. The van der Waals surface area contributed by atoms with Crippen LogP contribution in [0.15, 0.2) is 65.4 Å². The Morgan fingerprint density at radius 3 is 2.34 bits per heavy atom. The molecule has 2 aliphatic heterocycles. The van der Waals surface area contributed by atoms with Crippen molar-refractivity contribution in [1.82, 2.24) is 9.80 Å². The van der Waals surface area contributed by atoms with E-state index >= 15 is 0 Å². The van der Waals surface area contributed by atoms with E-state index in [9.17, 15) is 4.39 Å². The van der Waals surface area contributed by atoms with E-state index < -0.39 is 0 Å². The Labute approximate surface area is 195 Å². The molecule has 0 unspecified atom stereocenters. The molecule has 2 saturated heterocycles. The van der Waals surface area contributed by atoms with Crippen molar-refractivity contribution in [3.05, 3.63) is 93.4 Å². The van der Waals surface area contributed by atoms with E-state index in [-0.39, 0.29) is 5.82 Å². The normalized spacial score (nSPS) is 23.1. The standard InChI is InChI=1S/C28H33FN2S/c1-21-2-4-22(5-3-21)17-31-18-26(25-12-15-32-20-25)16-28(31)19-30-13-10-24(11-14-30)23-6-8-27(29)9-7-23/h2-9,12,15,20,24,26,28H,10-11,13-14,16-19H2,1H3/t26-,28+/m0/s1. The van der Waals surface area contributed by atoms with Gasteiger partial charge in [0, 0.05) is 25.7 Å². The Morgan fingerprint density at radius 2 is 1.66 bits per heavy atom. The lowest BCUT2D eigenvalue weighted by atomic mass is 9.89. The Kier molecular flexibility index (Phi) is 6.72. The highest BCUT2D eigenvalue weighted by atomic mass is 32.1. The number of rotatable bonds is 6. The summed E-state index contributed by atoms with van der Waals surface area (Å²) in [6.45, 7) is 7.78. The molecule has 2 aromatic carbocycles. The summed E-state index contributed by atoms with van der Waals surface area (Å²) in [7, 11) is 0. The van der Waals surface area contributed by atoms with Gasteiger partial charge in [-0.1, -0.05) is 42.0 Å². The van der Waals surface area contributed by atoms with Crippen molar-refractivity contribution in [1.29, 1.82) is 0 Å². The van der Waals surface area contributed by atoms with Crippen LogP contribution in [-0.4, -0.2) is 42.0 Å². The van der Waals surface area contributed by atoms with Crippen LogP contribution in [0, 0.1) is 12.7 Å². The lowest BCUT2D eigenvalue weighted by Gasteiger charge is -2.36. The molecule has 1 aromatic heterocycles. The summed E-state index contributed by atoms with van der Waals surface area (Å²) >= 11 is 1.82. The van der Waals surface area contributed by atoms with Crippen LogP contribution in [0.2, 0.25) is 0 Å². The van der Waals surface area contributed by atoms with Gasteiger partial charge >= 0.3 is 0 Å². The number of aryl methyl sites for hydroxylation is 1. The topological polar surface area (TPSA) is 6.48 Å². The third-order valence-corrected chi connectivity index (χ3v) is 8.15. The van der Waals surface area contributed by atoms with Crippen LogP contribution < -0.4 is 0 Å². The third kappa shape index (κ3) is 5.14. The highest BCUT2D eigenvalue weighted by Gasteiger charge is 2.35. The Bertz CT molecular complexity index is 975. The molecule has 0 bridgehead atoms. The van der Waals surface area contributed by atoms with E-state index in [1.807, 2.05) is 23.5 Å². The van der Waals surface area contributed by atoms with Crippen LogP contribution in [0.25, 0.3) is 0 Å². The zero-order valence-corrected chi connectivity index (χ0v) is 19.7. The van der Waals surface area contributed by atoms with Gasteiger partial charge in [0.25, 0.3) is 0 Å². The molecule has 2 atom stereocenters. The zero-order valence-electron chi connectivity index (χ0n) is 18.9. The first kappa shape index (κ1) is 21.8. The molecule has 168 valence electrons. The van der Waals surface area contributed by atoms with Crippen molar-refractivity contribution >= 4 is 11.3 Å². The number of halogens is 1. The van der Waals surface area contributed by atoms with Crippen LogP contribution in [0.1, 0.15) is 53.4 Å². The van der Waals surface area contributed by atoms with Crippen LogP contribution in [0.3, 0.4) is 0 Å². The molecule has 5 rings (SSSR count). The summed E-state index contributed by atoms with van der Waals surface area (Å²) in [5.41, 5.74) is 5.56. The molecule has 0 spiro atoms. The van der Waals surface area contributed by atoms with Gasteiger partial charge in [-0.25, -0.2) is 4.39 Å². The van der Waals surface area contributed by atoms with Crippen molar-refractivity contribution in [2.24, 2.45) is 0 Å². The first-order valence-electron chi connectivity index (χ1n) is 11.9. The zero-order chi connectivity index (χ0) is 21.9. The van der Waals surface area contributed by atoms with E-state index in [0.29, 0.717) is 17.9 Å². The third-order valence-electron chi connectivity index (χ3n) is 7.45. The SMILES string of the molecule is Cc1ccc(CN2C[C@@H](c3ccsc3)C[C@@H]2CN2CCC(c3ccc(F)cc3)CC2)cc1. The molecule has 32 heavy (non-hydrogen) atoms. The maximum absolute atomic E-state index is 13.3. The van der Waals surface area contributed by atoms with Gasteiger partial charge in [0.2, 0.25) is 0 Å². The van der Waals surface area contributed by atoms with Crippen molar-refractivity contribution in [3.8, 4) is 0 Å². The predicted octanol–water partition coefficient (Wildman–Crippen LogP) is 6.43. The summed E-state index contributed by atoms with van der Waals surface area (Å²) in [6, 6.07) is 19.1. The van der Waals surface area contributed by atoms with Crippen LogP contribution in [0.4, 0.5) is 4.39 Å². The van der Waals surface area contributed by atoms with Gasteiger partial charge in [-0.2, -0.15) is 11.3 Å². The van der Waals surface area contributed by atoms with E-state index in [2.05, 4.69) is 57.8 Å². The van der Waals surface area contributed by atoms with E-state index in [4.69, 9.17) is 0 Å². The lowest BCUT2D eigenvalue weighted by Crippen LogP contribution is -2.43.